The summed E-state index contributed by atoms with van der Waals surface area (Å²) < 4.78 is 49.9. The van der Waals surface area contributed by atoms with Crippen molar-refractivity contribution in [3.05, 3.63) is 35.1 Å². The third-order valence-corrected chi connectivity index (χ3v) is 1.88. The summed E-state index contributed by atoms with van der Waals surface area (Å²) in [5, 5.41) is 9.14. The summed E-state index contributed by atoms with van der Waals surface area (Å²) in [6.45, 7) is 0. The lowest BCUT2D eigenvalue weighted by atomic mass is 10.0. The molecule has 0 aliphatic heterocycles. The summed E-state index contributed by atoms with van der Waals surface area (Å²) in [6, 6.07) is 1.58. The average Bonchev–Trinajstić information content (AvgIpc) is 2.15. The number of carbonyl (C=O) groups is 1. The number of hydrogen-bond donors (Lipinski definition) is 2. The Labute approximate surface area is 87.5 Å². The molecule has 0 fully saturated rings. The van der Waals surface area contributed by atoms with Crippen LogP contribution in [0.2, 0.25) is 0 Å². The first-order valence-electron chi connectivity index (χ1n) is 4.07. The largest absolute Gasteiger partial charge is 0.416 e. The van der Waals surface area contributed by atoms with Crippen LogP contribution in [-0.2, 0) is 11.0 Å². The first-order chi connectivity index (χ1) is 7.23. The number of rotatable bonds is 2. The molecule has 16 heavy (non-hydrogen) atoms. The molecule has 1 unspecified atom stereocenters. The standard InChI is InChI=1S/C9H7F4NO2/c10-4-1-2-5(7(15)8(14)16)6(3-4)9(11,12)13/h1-3,7,15H,(H2,14,16). The minimum absolute atomic E-state index is 0.196. The molecule has 1 aromatic rings. The number of primary amides is 1. The van der Waals surface area contributed by atoms with Crippen molar-refractivity contribution in [1.82, 2.24) is 0 Å². The van der Waals surface area contributed by atoms with Gasteiger partial charge in [-0.3, -0.25) is 4.79 Å². The Balaban J connectivity index is 3.34. The minimum atomic E-state index is -4.87. The van der Waals surface area contributed by atoms with E-state index < -0.39 is 35.1 Å². The van der Waals surface area contributed by atoms with Crippen LogP contribution < -0.4 is 5.73 Å². The molecule has 0 saturated carbocycles. The first-order valence-corrected chi connectivity index (χ1v) is 4.07. The number of halogens is 4. The van der Waals surface area contributed by atoms with Crippen molar-refractivity contribution in [2.24, 2.45) is 5.73 Å². The van der Waals surface area contributed by atoms with Gasteiger partial charge in [0, 0.05) is 5.56 Å². The summed E-state index contributed by atoms with van der Waals surface area (Å²) in [5.41, 5.74) is 2.49. The summed E-state index contributed by atoms with van der Waals surface area (Å²) in [7, 11) is 0. The highest BCUT2D eigenvalue weighted by atomic mass is 19.4. The Hall–Kier alpha value is -1.63. The fraction of sp³-hybridized carbons (Fsp3) is 0.222. The third kappa shape index (κ3) is 2.48. The second-order valence-corrected chi connectivity index (χ2v) is 3.03. The zero-order valence-corrected chi connectivity index (χ0v) is 7.75. The molecule has 0 aliphatic carbocycles. The highest BCUT2D eigenvalue weighted by Crippen LogP contribution is 2.35. The van der Waals surface area contributed by atoms with Crippen LogP contribution in [0, 0.1) is 5.82 Å². The molecule has 88 valence electrons. The lowest BCUT2D eigenvalue weighted by Crippen LogP contribution is -2.24. The molecule has 1 aromatic carbocycles. The molecule has 1 atom stereocenters. The average molecular weight is 237 g/mol. The molecule has 0 radical (unpaired) electrons. The summed E-state index contributed by atoms with van der Waals surface area (Å²) in [6.07, 6.45) is -6.98. The molecule has 3 N–H and O–H groups in total. The topological polar surface area (TPSA) is 63.3 Å². The number of aliphatic hydroxyl groups is 1. The zero-order chi connectivity index (χ0) is 12.5. The third-order valence-electron chi connectivity index (χ3n) is 1.88. The number of amides is 1. The number of benzene rings is 1. The normalized spacial score (nSPS) is 13.6. The van der Waals surface area contributed by atoms with E-state index in [9.17, 15) is 22.4 Å². The number of alkyl halides is 3. The van der Waals surface area contributed by atoms with E-state index in [1.807, 2.05) is 0 Å². The molecule has 0 aliphatic rings. The van der Waals surface area contributed by atoms with Crippen molar-refractivity contribution in [3.8, 4) is 0 Å². The van der Waals surface area contributed by atoms with E-state index >= 15 is 0 Å². The van der Waals surface area contributed by atoms with E-state index in [1.165, 1.54) is 0 Å². The number of carbonyl (C=O) groups excluding carboxylic acids is 1. The van der Waals surface area contributed by atoms with E-state index in [0.717, 1.165) is 0 Å². The van der Waals surface area contributed by atoms with E-state index in [0.29, 0.717) is 12.1 Å². The van der Waals surface area contributed by atoms with Crippen molar-refractivity contribution < 1.29 is 27.5 Å². The molecular formula is C9H7F4NO2. The second-order valence-electron chi connectivity index (χ2n) is 3.03. The maximum atomic E-state index is 12.6. The highest BCUT2D eigenvalue weighted by Gasteiger charge is 2.36. The Morgan fingerprint density at radius 3 is 2.38 bits per heavy atom. The van der Waals surface area contributed by atoms with Crippen molar-refractivity contribution in [3.63, 3.8) is 0 Å². The van der Waals surface area contributed by atoms with Gasteiger partial charge in [-0.1, -0.05) is 6.07 Å². The van der Waals surface area contributed by atoms with Crippen LogP contribution >= 0.6 is 0 Å². The van der Waals surface area contributed by atoms with Gasteiger partial charge in [-0.15, -0.1) is 0 Å². The Morgan fingerprint density at radius 1 is 1.38 bits per heavy atom. The molecule has 7 heteroatoms. The Bertz CT molecular complexity index is 416. The minimum Gasteiger partial charge on any atom is -0.378 e. The van der Waals surface area contributed by atoms with Crippen LogP contribution in [0.3, 0.4) is 0 Å². The van der Waals surface area contributed by atoms with Gasteiger partial charge in [-0.25, -0.2) is 4.39 Å². The number of aliphatic hydroxyl groups excluding tert-OH is 1. The first kappa shape index (κ1) is 12.4. The van der Waals surface area contributed by atoms with Crippen LogP contribution in [0.5, 0.6) is 0 Å². The van der Waals surface area contributed by atoms with E-state index in [-0.39, 0.29) is 6.07 Å². The Kier molecular flexibility index (Phi) is 3.18. The molecular weight excluding hydrogens is 230 g/mol. The van der Waals surface area contributed by atoms with Gasteiger partial charge in [-0.2, -0.15) is 13.2 Å². The number of nitrogens with two attached hydrogens (primary N) is 1. The molecule has 0 spiro atoms. The van der Waals surface area contributed by atoms with Crippen LogP contribution in [0.25, 0.3) is 0 Å². The lowest BCUT2D eigenvalue weighted by Gasteiger charge is -2.15. The van der Waals surface area contributed by atoms with E-state index in [4.69, 9.17) is 5.11 Å². The van der Waals surface area contributed by atoms with Gasteiger partial charge in [0.25, 0.3) is 5.91 Å². The monoisotopic (exact) mass is 237 g/mol. The van der Waals surface area contributed by atoms with Gasteiger partial charge in [0.1, 0.15) is 5.82 Å². The van der Waals surface area contributed by atoms with Gasteiger partial charge in [0.15, 0.2) is 6.10 Å². The van der Waals surface area contributed by atoms with Crippen LogP contribution in [0.4, 0.5) is 17.6 Å². The maximum absolute atomic E-state index is 12.6. The van der Waals surface area contributed by atoms with E-state index in [1.54, 1.807) is 0 Å². The van der Waals surface area contributed by atoms with Crippen molar-refractivity contribution in [2.45, 2.75) is 12.3 Å². The summed E-state index contributed by atoms with van der Waals surface area (Å²) in [5.74, 6) is -2.45. The smallest absolute Gasteiger partial charge is 0.378 e. The molecule has 1 rings (SSSR count). The van der Waals surface area contributed by atoms with Crippen LogP contribution in [-0.4, -0.2) is 11.0 Å². The highest BCUT2D eigenvalue weighted by molar-refractivity contribution is 5.80. The molecule has 0 bridgehead atoms. The van der Waals surface area contributed by atoms with E-state index in [2.05, 4.69) is 5.73 Å². The fourth-order valence-corrected chi connectivity index (χ4v) is 1.17. The lowest BCUT2D eigenvalue weighted by molar-refractivity contribution is -0.140. The SMILES string of the molecule is NC(=O)C(O)c1ccc(F)cc1C(F)(F)F. The molecule has 0 saturated heterocycles. The summed E-state index contributed by atoms with van der Waals surface area (Å²) in [4.78, 5) is 10.6. The number of hydrogen-bond acceptors (Lipinski definition) is 2. The summed E-state index contributed by atoms with van der Waals surface area (Å²) >= 11 is 0. The van der Waals surface area contributed by atoms with Crippen LogP contribution in [0.15, 0.2) is 18.2 Å². The zero-order valence-electron chi connectivity index (χ0n) is 7.75. The molecule has 0 heterocycles. The Morgan fingerprint density at radius 2 is 1.94 bits per heavy atom. The molecule has 0 aromatic heterocycles. The van der Waals surface area contributed by atoms with Gasteiger partial charge >= 0.3 is 6.18 Å². The van der Waals surface area contributed by atoms with Crippen LogP contribution in [0.1, 0.15) is 17.2 Å². The predicted octanol–water partition coefficient (Wildman–Crippen LogP) is 1.36. The van der Waals surface area contributed by atoms with Crippen molar-refractivity contribution in [2.75, 3.05) is 0 Å². The second kappa shape index (κ2) is 4.09. The molecule has 3 nitrogen and oxygen atoms in total. The van der Waals surface area contributed by atoms with Gasteiger partial charge in [0.05, 0.1) is 5.56 Å². The fourth-order valence-electron chi connectivity index (χ4n) is 1.17. The van der Waals surface area contributed by atoms with Crippen molar-refractivity contribution >= 4 is 5.91 Å². The predicted molar refractivity (Wildman–Crippen MR) is 45.6 cm³/mol. The maximum Gasteiger partial charge on any atom is 0.416 e. The van der Waals surface area contributed by atoms with Gasteiger partial charge < -0.3 is 10.8 Å². The van der Waals surface area contributed by atoms with Crippen molar-refractivity contribution in [1.29, 1.82) is 0 Å². The van der Waals surface area contributed by atoms with Gasteiger partial charge in [0.2, 0.25) is 0 Å². The quantitative estimate of drug-likeness (QED) is 0.763. The van der Waals surface area contributed by atoms with Gasteiger partial charge in [-0.05, 0) is 12.1 Å². The molecule has 1 amide bonds.